The van der Waals surface area contributed by atoms with E-state index in [0.29, 0.717) is 26.1 Å². The second-order valence-electron chi connectivity index (χ2n) is 2.88. The molecular weight excluding hydrogens is 157 g/mol. The fourth-order valence-electron chi connectivity index (χ4n) is 1.28. The Morgan fingerprint density at radius 3 is 2.18 bits per heavy atom. The Bertz CT molecular complexity index is 115. The first kappa shape index (κ1) is 8.84. The lowest BCUT2D eigenvalue weighted by atomic mass is 9.96. The molecule has 66 valence electrons. The maximum Gasteiger partial charge on any atom is 0.389 e. The zero-order chi connectivity index (χ0) is 8.32. The highest BCUT2D eigenvalue weighted by molar-refractivity contribution is 4.66. The number of ether oxygens (including phenoxy) is 1. The van der Waals surface area contributed by atoms with Gasteiger partial charge in [-0.25, -0.2) is 0 Å². The van der Waals surface area contributed by atoms with Crippen molar-refractivity contribution in [3.63, 3.8) is 0 Å². The molecule has 0 aromatic rings. The van der Waals surface area contributed by atoms with E-state index in [4.69, 9.17) is 4.74 Å². The highest BCUT2D eigenvalue weighted by Gasteiger charge is 2.32. The molecule has 1 nitrogen and oxygen atoms in total. The smallest absolute Gasteiger partial charge is 0.381 e. The van der Waals surface area contributed by atoms with Crippen molar-refractivity contribution in [2.45, 2.75) is 25.4 Å². The van der Waals surface area contributed by atoms with Crippen LogP contribution in [-0.2, 0) is 4.74 Å². The average molecular weight is 168 g/mol. The molecule has 0 aromatic carbocycles. The first-order valence-electron chi connectivity index (χ1n) is 3.72. The molecule has 0 radical (unpaired) electrons. The second-order valence-corrected chi connectivity index (χ2v) is 2.88. The molecular formula is C7H11F3O. The summed E-state index contributed by atoms with van der Waals surface area (Å²) in [7, 11) is 0. The summed E-state index contributed by atoms with van der Waals surface area (Å²) in [5.41, 5.74) is 0. The molecule has 1 fully saturated rings. The fourth-order valence-corrected chi connectivity index (χ4v) is 1.28. The lowest BCUT2D eigenvalue weighted by Gasteiger charge is -2.22. The third-order valence-corrected chi connectivity index (χ3v) is 1.86. The maximum atomic E-state index is 11.8. The quantitative estimate of drug-likeness (QED) is 0.584. The normalized spacial score (nSPS) is 22.1. The zero-order valence-corrected chi connectivity index (χ0v) is 6.16. The van der Waals surface area contributed by atoms with Gasteiger partial charge in [0.2, 0.25) is 0 Å². The van der Waals surface area contributed by atoms with Crippen molar-refractivity contribution in [1.82, 2.24) is 0 Å². The van der Waals surface area contributed by atoms with Crippen molar-refractivity contribution >= 4 is 0 Å². The molecule has 0 bridgehead atoms. The van der Waals surface area contributed by atoms with Gasteiger partial charge in [-0.2, -0.15) is 13.2 Å². The Hall–Kier alpha value is -0.250. The highest BCUT2D eigenvalue weighted by Crippen LogP contribution is 2.29. The highest BCUT2D eigenvalue weighted by atomic mass is 19.4. The van der Waals surface area contributed by atoms with Crippen LogP contribution in [-0.4, -0.2) is 19.4 Å². The zero-order valence-electron chi connectivity index (χ0n) is 6.16. The third kappa shape index (κ3) is 3.60. The van der Waals surface area contributed by atoms with Gasteiger partial charge in [-0.1, -0.05) is 0 Å². The molecule has 0 aliphatic carbocycles. The summed E-state index contributed by atoms with van der Waals surface area (Å²) in [5, 5.41) is 0. The first-order chi connectivity index (χ1) is 5.08. The summed E-state index contributed by atoms with van der Waals surface area (Å²) in [4.78, 5) is 0. The van der Waals surface area contributed by atoms with Gasteiger partial charge in [-0.3, -0.25) is 0 Å². The molecule has 1 aliphatic heterocycles. The minimum absolute atomic E-state index is 0.205. The predicted octanol–water partition coefficient (Wildman–Crippen LogP) is 2.37. The van der Waals surface area contributed by atoms with Gasteiger partial charge in [0.15, 0.2) is 0 Å². The molecule has 1 rings (SSSR count). The molecule has 4 heteroatoms. The molecule has 0 amide bonds. The van der Waals surface area contributed by atoms with Crippen molar-refractivity contribution in [3.8, 4) is 0 Å². The molecule has 11 heavy (non-hydrogen) atoms. The minimum atomic E-state index is -4.00. The van der Waals surface area contributed by atoms with Crippen LogP contribution in [0.1, 0.15) is 19.3 Å². The number of hydrogen-bond donors (Lipinski definition) is 0. The Balaban J connectivity index is 2.24. The molecule has 1 saturated heterocycles. The largest absolute Gasteiger partial charge is 0.389 e. The van der Waals surface area contributed by atoms with Crippen molar-refractivity contribution in [2.24, 2.45) is 5.92 Å². The van der Waals surface area contributed by atoms with Crippen molar-refractivity contribution in [1.29, 1.82) is 0 Å². The molecule has 0 unspecified atom stereocenters. The molecule has 0 atom stereocenters. The van der Waals surface area contributed by atoms with Crippen molar-refractivity contribution < 1.29 is 17.9 Å². The fraction of sp³-hybridized carbons (Fsp3) is 1.00. The number of halogens is 3. The van der Waals surface area contributed by atoms with Gasteiger partial charge < -0.3 is 4.74 Å². The Morgan fingerprint density at radius 1 is 1.18 bits per heavy atom. The summed E-state index contributed by atoms with van der Waals surface area (Å²) >= 11 is 0. The summed E-state index contributed by atoms with van der Waals surface area (Å²) in [6.45, 7) is 0.974. The van der Waals surface area contributed by atoms with Gasteiger partial charge >= 0.3 is 6.18 Å². The predicted molar refractivity (Wildman–Crippen MR) is 34.2 cm³/mol. The van der Waals surface area contributed by atoms with E-state index in [1.807, 2.05) is 0 Å². The van der Waals surface area contributed by atoms with E-state index in [0.717, 1.165) is 0 Å². The Morgan fingerprint density at radius 2 is 1.73 bits per heavy atom. The Labute approximate surface area is 63.5 Å². The van der Waals surface area contributed by atoms with Gasteiger partial charge in [0.05, 0.1) is 0 Å². The van der Waals surface area contributed by atoms with E-state index < -0.39 is 12.6 Å². The summed E-state index contributed by atoms with van der Waals surface area (Å²) in [5.74, 6) is -0.205. The second kappa shape index (κ2) is 3.43. The lowest BCUT2D eigenvalue weighted by molar-refractivity contribution is -0.150. The van der Waals surface area contributed by atoms with Crippen LogP contribution < -0.4 is 0 Å². The standard InChI is InChI=1S/C7H11F3O/c8-7(9,10)5-6-1-3-11-4-2-6/h6H,1-5H2. The van der Waals surface area contributed by atoms with E-state index in [2.05, 4.69) is 0 Å². The molecule has 1 aliphatic rings. The number of hydrogen-bond acceptors (Lipinski definition) is 1. The SMILES string of the molecule is FC(F)(F)CC1CCOCC1. The Kier molecular flexibility index (Phi) is 2.76. The van der Waals surface area contributed by atoms with Crippen molar-refractivity contribution in [2.75, 3.05) is 13.2 Å². The minimum Gasteiger partial charge on any atom is -0.381 e. The molecule has 0 N–H and O–H groups in total. The van der Waals surface area contributed by atoms with Crippen LogP contribution in [0, 0.1) is 5.92 Å². The van der Waals surface area contributed by atoms with Crippen LogP contribution in [0.5, 0.6) is 0 Å². The van der Waals surface area contributed by atoms with Crippen molar-refractivity contribution in [3.05, 3.63) is 0 Å². The summed E-state index contributed by atoms with van der Waals surface area (Å²) in [6, 6.07) is 0. The van der Waals surface area contributed by atoms with Gasteiger partial charge in [-0.05, 0) is 18.8 Å². The monoisotopic (exact) mass is 168 g/mol. The van der Waals surface area contributed by atoms with Crippen LogP contribution in [0.15, 0.2) is 0 Å². The molecule has 0 aromatic heterocycles. The van der Waals surface area contributed by atoms with E-state index in [1.165, 1.54) is 0 Å². The lowest BCUT2D eigenvalue weighted by Crippen LogP contribution is -2.21. The topological polar surface area (TPSA) is 9.23 Å². The van der Waals surface area contributed by atoms with Gasteiger partial charge in [0, 0.05) is 19.6 Å². The van der Waals surface area contributed by atoms with E-state index in [1.54, 1.807) is 0 Å². The van der Waals surface area contributed by atoms with Crippen LogP contribution >= 0.6 is 0 Å². The molecule has 0 spiro atoms. The molecule has 0 saturated carbocycles. The number of rotatable bonds is 1. The van der Waals surface area contributed by atoms with Crippen LogP contribution in [0.4, 0.5) is 13.2 Å². The summed E-state index contributed by atoms with van der Waals surface area (Å²) in [6.07, 6.45) is -3.53. The maximum absolute atomic E-state index is 11.8. The van der Waals surface area contributed by atoms with Gasteiger partial charge in [0.1, 0.15) is 0 Å². The summed E-state index contributed by atoms with van der Waals surface area (Å²) < 4.78 is 40.3. The molecule has 1 heterocycles. The van der Waals surface area contributed by atoms with Crippen LogP contribution in [0.25, 0.3) is 0 Å². The van der Waals surface area contributed by atoms with E-state index in [9.17, 15) is 13.2 Å². The van der Waals surface area contributed by atoms with E-state index in [-0.39, 0.29) is 5.92 Å². The van der Waals surface area contributed by atoms with Gasteiger partial charge in [-0.15, -0.1) is 0 Å². The number of alkyl halides is 3. The van der Waals surface area contributed by atoms with Crippen LogP contribution in [0.3, 0.4) is 0 Å². The first-order valence-corrected chi connectivity index (χ1v) is 3.72. The van der Waals surface area contributed by atoms with Crippen LogP contribution in [0.2, 0.25) is 0 Å². The third-order valence-electron chi connectivity index (χ3n) is 1.86. The average Bonchev–Trinajstić information content (AvgIpc) is 1.85. The van der Waals surface area contributed by atoms with Gasteiger partial charge in [0.25, 0.3) is 0 Å². The van der Waals surface area contributed by atoms with E-state index >= 15 is 0 Å².